The second kappa shape index (κ2) is 9.09. The lowest BCUT2D eigenvalue weighted by molar-refractivity contribution is -0.289. The number of carboxylic acid groups (broad SMARTS) is 1. The van der Waals surface area contributed by atoms with Crippen LogP contribution in [-0.4, -0.2) is 110 Å². The second-order valence-corrected chi connectivity index (χ2v) is 7.18. The number of aliphatic hydroxyl groups is 6. The molecule has 0 radical (unpaired) electrons. The van der Waals surface area contributed by atoms with Gasteiger partial charge in [0.05, 0.1) is 25.4 Å². The Morgan fingerprint density at radius 2 is 1.73 bits per heavy atom. The van der Waals surface area contributed by atoms with E-state index in [4.69, 9.17) is 29.2 Å². The van der Waals surface area contributed by atoms with Gasteiger partial charge in [0.2, 0.25) is 6.29 Å². The normalized spacial score (nSPS) is 39.1. The van der Waals surface area contributed by atoms with Crippen LogP contribution in [0.5, 0.6) is 5.75 Å². The van der Waals surface area contributed by atoms with Crippen LogP contribution in [0.25, 0.3) is 0 Å². The molecule has 0 aliphatic carbocycles. The average molecular weight is 432 g/mol. The van der Waals surface area contributed by atoms with Gasteiger partial charge in [-0.1, -0.05) is 0 Å². The number of aliphatic hydroxyl groups excluding tert-OH is 5. The van der Waals surface area contributed by atoms with E-state index >= 15 is 0 Å². The fourth-order valence-electron chi connectivity index (χ4n) is 3.09. The predicted octanol–water partition coefficient (Wildman–Crippen LogP) is -2.97. The summed E-state index contributed by atoms with van der Waals surface area (Å²) in [5, 5.41) is 68.4. The molecule has 0 amide bonds. The predicted molar refractivity (Wildman–Crippen MR) is 94.4 cm³/mol. The van der Waals surface area contributed by atoms with Gasteiger partial charge in [-0.05, 0) is 24.3 Å². The highest BCUT2D eigenvalue weighted by Crippen LogP contribution is 2.28. The van der Waals surface area contributed by atoms with Crippen LogP contribution >= 0.6 is 0 Å². The molecule has 1 aromatic carbocycles. The Kier molecular flexibility index (Phi) is 6.91. The molecule has 0 aromatic heterocycles. The van der Waals surface area contributed by atoms with Crippen molar-refractivity contribution in [3.05, 3.63) is 29.8 Å². The number of benzene rings is 1. The maximum atomic E-state index is 10.9. The molecule has 2 saturated heterocycles. The van der Waals surface area contributed by atoms with Gasteiger partial charge in [0.25, 0.3) is 0 Å². The highest BCUT2D eigenvalue weighted by Gasteiger charge is 2.50. The van der Waals surface area contributed by atoms with Crippen molar-refractivity contribution >= 4 is 5.97 Å². The molecule has 2 heterocycles. The van der Waals surface area contributed by atoms with E-state index in [0.717, 1.165) is 0 Å². The third-order valence-corrected chi connectivity index (χ3v) is 5.03. The van der Waals surface area contributed by atoms with Crippen molar-refractivity contribution in [1.29, 1.82) is 0 Å². The maximum absolute atomic E-state index is 10.9. The fourth-order valence-corrected chi connectivity index (χ4v) is 3.09. The first-order valence-electron chi connectivity index (χ1n) is 9.10. The van der Waals surface area contributed by atoms with Crippen LogP contribution in [0.3, 0.4) is 0 Å². The number of aromatic carboxylic acids is 1. The zero-order valence-corrected chi connectivity index (χ0v) is 15.6. The summed E-state index contributed by atoms with van der Waals surface area (Å²) in [7, 11) is 0. The van der Waals surface area contributed by atoms with E-state index in [1.807, 2.05) is 0 Å². The first-order chi connectivity index (χ1) is 14.2. The summed E-state index contributed by atoms with van der Waals surface area (Å²) in [6, 6.07) is 5.22. The van der Waals surface area contributed by atoms with Gasteiger partial charge >= 0.3 is 5.97 Å². The van der Waals surface area contributed by atoms with E-state index in [0.29, 0.717) is 0 Å². The van der Waals surface area contributed by atoms with E-state index in [1.54, 1.807) is 0 Å². The van der Waals surface area contributed by atoms with E-state index in [1.165, 1.54) is 24.3 Å². The Morgan fingerprint density at radius 3 is 2.30 bits per heavy atom. The van der Waals surface area contributed by atoms with Crippen molar-refractivity contribution in [2.24, 2.45) is 0 Å². The lowest BCUT2D eigenvalue weighted by atomic mass is 9.99. The van der Waals surface area contributed by atoms with Gasteiger partial charge in [0.15, 0.2) is 6.29 Å². The number of hydrogen-bond donors (Lipinski definition) is 7. The van der Waals surface area contributed by atoms with Crippen LogP contribution in [0, 0.1) is 0 Å². The van der Waals surface area contributed by atoms with Crippen molar-refractivity contribution in [1.82, 2.24) is 0 Å². The lowest BCUT2D eigenvalue weighted by Crippen LogP contribution is -2.60. The first-order valence-corrected chi connectivity index (χ1v) is 9.10. The Morgan fingerprint density at radius 1 is 1.07 bits per heavy atom. The van der Waals surface area contributed by atoms with Crippen LogP contribution in [0.15, 0.2) is 24.3 Å². The van der Waals surface area contributed by atoms with Crippen LogP contribution in [0.2, 0.25) is 0 Å². The van der Waals surface area contributed by atoms with E-state index < -0.39 is 67.9 Å². The number of carbonyl (C=O) groups is 1. The van der Waals surface area contributed by atoms with Crippen LogP contribution < -0.4 is 4.74 Å². The maximum Gasteiger partial charge on any atom is 0.335 e. The van der Waals surface area contributed by atoms with Crippen LogP contribution in [0.1, 0.15) is 10.4 Å². The SMILES string of the molecule is O=C(O)c1ccc(O[C@H]2O[C@@H](CO[C@H]3OC[C@@](O)(CO)[C@H]3O)[C@@H](O)[C@H](O)[C@@H]2O)cc1. The number of carboxylic acids is 1. The Balaban J connectivity index is 1.62. The van der Waals surface area contributed by atoms with Crippen molar-refractivity contribution < 1.29 is 59.5 Å². The summed E-state index contributed by atoms with van der Waals surface area (Å²) in [5.74, 6) is -0.981. The number of ether oxygens (including phenoxy) is 4. The van der Waals surface area contributed by atoms with Gasteiger partial charge in [-0.25, -0.2) is 4.79 Å². The Labute approximate surface area is 170 Å². The molecule has 12 heteroatoms. The van der Waals surface area contributed by atoms with E-state index in [2.05, 4.69) is 0 Å². The molecule has 30 heavy (non-hydrogen) atoms. The van der Waals surface area contributed by atoms with Crippen LogP contribution in [-0.2, 0) is 14.2 Å². The molecule has 2 aliphatic heterocycles. The Bertz CT molecular complexity index is 726. The van der Waals surface area contributed by atoms with Gasteiger partial charge in [-0.2, -0.15) is 0 Å². The second-order valence-electron chi connectivity index (χ2n) is 7.18. The molecule has 7 N–H and O–H groups in total. The summed E-state index contributed by atoms with van der Waals surface area (Å²) in [4.78, 5) is 10.9. The minimum absolute atomic E-state index is 0.0205. The molecule has 2 aliphatic rings. The third kappa shape index (κ3) is 4.56. The molecule has 0 spiro atoms. The van der Waals surface area contributed by atoms with Crippen molar-refractivity contribution in [2.45, 2.75) is 48.7 Å². The van der Waals surface area contributed by atoms with Crippen molar-refractivity contribution in [3.63, 3.8) is 0 Å². The van der Waals surface area contributed by atoms with Gasteiger partial charge in [-0.3, -0.25) is 0 Å². The van der Waals surface area contributed by atoms with Gasteiger partial charge in [0.1, 0.15) is 41.9 Å². The highest BCUT2D eigenvalue weighted by atomic mass is 16.7. The molecular formula is C18H24O12. The summed E-state index contributed by atoms with van der Waals surface area (Å²) in [6.07, 6.45) is -10.3. The fraction of sp³-hybridized carbons (Fsp3) is 0.611. The van der Waals surface area contributed by atoms with E-state index in [9.17, 15) is 30.3 Å². The van der Waals surface area contributed by atoms with E-state index in [-0.39, 0.29) is 17.9 Å². The summed E-state index contributed by atoms with van der Waals surface area (Å²) >= 11 is 0. The van der Waals surface area contributed by atoms with Gasteiger partial charge in [-0.15, -0.1) is 0 Å². The molecule has 2 fully saturated rings. The largest absolute Gasteiger partial charge is 0.478 e. The standard InChI is InChI=1S/C18H24O12/c19-6-18(26)7-28-17(14(18)23)27-5-10-11(20)12(21)13(22)16(30-10)29-9-3-1-8(2-4-9)15(24)25/h1-4,10-14,16-17,19-23,26H,5-7H2,(H,24,25)/t10-,11+,12-,13-,14-,16-,17-,18-/m0/s1. The summed E-state index contributed by atoms with van der Waals surface area (Å²) < 4.78 is 21.3. The molecule has 0 unspecified atom stereocenters. The smallest absolute Gasteiger partial charge is 0.335 e. The zero-order valence-electron chi connectivity index (χ0n) is 15.6. The zero-order chi connectivity index (χ0) is 22.1. The first kappa shape index (κ1) is 22.8. The molecule has 168 valence electrons. The minimum atomic E-state index is -1.89. The summed E-state index contributed by atoms with van der Waals surface area (Å²) in [5.41, 5.74) is -1.87. The molecule has 3 rings (SSSR count). The average Bonchev–Trinajstić information content (AvgIpc) is 3.02. The quantitative estimate of drug-likeness (QED) is 0.231. The number of hydrogen-bond acceptors (Lipinski definition) is 11. The third-order valence-electron chi connectivity index (χ3n) is 5.03. The number of rotatable bonds is 7. The highest BCUT2D eigenvalue weighted by molar-refractivity contribution is 5.87. The van der Waals surface area contributed by atoms with Crippen molar-refractivity contribution in [3.8, 4) is 5.75 Å². The molecular weight excluding hydrogens is 408 g/mol. The molecule has 8 atom stereocenters. The molecule has 12 nitrogen and oxygen atoms in total. The molecule has 0 bridgehead atoms. The minimum Gasteiger partial charge on any atom is -0.478 e. The van der Waals surface area contributed by atoms with Crippen molar-refractivity contribution in [2.75, 3.05) is 19.8 Å². The summed E-state index contributed by atoms with van der Waals surface area (Å²) in [6.45, 7) is -1.53. The molecule has 0 saturated carbocycles. The van der Waals surface area contributed by atoms with Crippen LogP contribution in [0.4, 0.5) is 0 Å². The lowest BCUT2D eigenvalue weighted by Gasteiger charge is -2.40. The monoisotopic (exact) mass is 432 g/mol. The van der Waals surface area contributed by atoms with Gasteiger partial charge < -0.3 is 54.7 Å². The molecule has 1 aromatic rings. The topological polar surface area (TPSA) is 196 Å². The van der Waals surface area contributed by atoms with Gasteiger partial charge in [0, 0.05) is 0 Å². The Hall–Kier alpha value is -1.87.